The second-order valence-corrected chi connectivity index (χ2v) is 11.6. The molecule has 0 spiro atoms. The second kappa shape index (κ2) is 9.65. The van der Waals surface area contributed by atoms with Gasteiger partial charge in [-0.05, 0) is 43.7 Å². The predicted molar refractivity (Wildman–Crippen MR) is 136 cm³/mol. The maximum absolute atomic E-state index is 13.3. The number of carbonyl (C=O) groups excluding carboxylic acids is 2. The summed E-state index contributed by atoms with van der Waals surface area (Å²) in [6, 6.07) is 13.8. The molecule has 0 unspecified atom stereocenters. The van der Waals surface area contributed by atoms with E-state index in [1.54, 1.807) is 26.0 Å². The number of para-hydroxylation sites is 1. The SMILES string of the molecule is CCOC(=O)c1sc(NC(=O)c2ccccc2S(=O)(=O)CC)c(-c2nc3ccccc3s2)c1C. The molecule has 176 valence electrons. The number of benzene rings is 2. The molecular weight excluding hydrogens is 492 g/mol. The lowest BCUT2D eigenvalue weighted by atomic mass is 10.1. The van der Waals surface area contributed by atoms with Gasteiger partial charge >= 0.3 is 5.97 Å². The van der Waals surface area contributed by atoms with Gasteiger partial charge in [-0.25, -0.2) is 18.2 Å². The lowest BCUT2D eigenvalue weighted by molar-refractivity contribution is 0.0531. The van der Waals surface area contributed by atoms with E-state index in [0.29, 0.717) is 26.0 Å². The van der Waals surface area contributed by atoms with Crippen LogP contribution in [0.3, 0.4) is 0 Å². The van der Waals surface area contributed by atoms with Crippen LogP contribution in [0.25, 0.3) is 20.8 Å². The first-order valence-corrected chi connectivity index (χ1v) is 13.8. The van der Waals surface area contributed by atoms with E-state index in [2.05, 4.69) is 5.32 Å². The Bertz CT molecular complexity index is 1470. The molecule has 10 heteroatoms. The van der Waals surface area contributed by atoms with E-state index >= 15 is 0 Å². The number of hydrogen-bond donors (Lipinski definition) is 1. The number of sulfone groups is 1. The number of fused-ring (bicyclic) bond motifs is 1. The van der Waals surface area contributed by atoms with Crippen LogP contribution >= 0.6 is 22.7 Å². The van der Waals surface area contributed by atoms with E-state index in [4.69, 9.17) is 9.72 Å². The van der Waals surface area contributed by atoms with Crippen LogP contribution in [-0.2, 0) is 14.6 Å². The van der Waals surface area contributed by atoms with Gasteiger partial charge in [-0.1, -0.05) is 31.2 Å². The number of amides is 1. The van der Waals surface area contributed by atoms with Crippen molar-refractivity contribution in [2.75, 3.05) is 17.7 Å². The van der Waals surface area contributed by atoms with E-state index in [1.807, 2.05) is 24.3 Å². The van der Waals surface area contributed by atoms with Gasteiger partial charge in [0.1, 0.15) is 14.9 Å². The lowest BCUT2D eigenvalue weighted by Crippen LogP contribution is -2.17. The number of rotatable bonds is 7. The summed E-state index contributed by atoms with van der Waals surface area (Å²) < 4.78 is 31.3. The standard InChI is InChI=1S/C24H22N2O5S3/c1-4-31-24(28)20-14(3)19(22-25-16-11-7-8-12-17(16)32-22)23(33-20)26-21(27)15-10-6-9-13-18(15)34(29,30)5-2/h6-13H,4-5H2,1-3H3,(H,26,27). The van der Waals surface area contributed by atoms with Gasteiger partial charge in [0.25, 0.3) is 5.91 Å². The molecule has 7 nitrogen and oxygen atoms in total. The number of aromatic nitrogens is 1. The Morgan fingerprint density at radius 1 is 1.03 bits per heavy atom. The molecule has 0 atom stereocenters. The number of thiophene rings is 1. The fraction of sp³-hybridized carbons (Fsp3) is 0.208. The van der Waals surface area contributed by atoms with Crippen molar-refractivity contribution in [3.05, 3.63) is 64.5 Å². The quantitative estimate of drug-likeness (QED) is 0.324. The highest BCUT2D eigenvalue weighted by molar-refractivity contribution is 7.91. The predicted octanol–water partition coefficient (Wildman–Crippen LogP) is 5.56. The van der Waals surface area contributed by atoms with Crippen LogP contribution in [0.15, 0.2) is 53.4 Å². The van der Waals surface area contributed by atoms with Crippen LogP contribution in [0.5, 0.6) is 0 Å². The van der Waals surface area contributed by atoms with Crippen molar-refractivity contribution in [2.24, 2.45) is 0 Å². The van der Waals surface area contributed by atoms with Crippen LogP contribution in [0.2, 0.25) is 0 Å². The average molecular weight is 515 g/mol. The van der Waals surface area contributed by atoms with Crippen molar-refractivity contribution in [3.63, 3.8) is 0 Å². The highest BCUT2D eigenvalue weighted by atomic mass is 32.2. The number of nitrogens with zero attached hydrogens (tertiary/aromatic N) is 1. The lowest BCUT2D eigenvalue weighted by Gasteiger charge is -2.10. The Morgan fingerprint density at radius 3 is 2.44 bits per heavy atom. The third kappa shape index (κ3) is 4.48. The molecule has 1 N–H and O–H groups in total. The normalized spacial score (nSPS) is 11.5. The fourth-order valence-electron chi connectivity index (χ4n) is 3.48. The Kier molecular flexibility index (Phi) is 6.83. The molecule has 2 aromatic carbocycles. The van der Waals surface area contributed by atoms with Crippen molar-refractivity contribution >= 4 is 59.6 Å². The van der Waals surface area contributed by atoms with Crippen LogP contribution in [0.1, 0.15) is 39.4 Å². The smallest absolute Gasteiger partial charge is 0.348 e. The molecule has 0 bridgehead atoms. The van der Waals surface area contributed by atoms with Crippen molar-refractivity contribution in [2.45, 2.75) is 25.7 Å². The first-order chi connectivity index (χ1) is 16.3. The number of hydrogen-bond acceptors (Lipinski definition) is 8. The monoisotopic (exact) mass is 514 g/mol. The number of ether oxygens (including phenoxy) is 1. The van der Waals surface area contributed by atoms with Gasteiger partial charge in [0.15, 0.2) is 9.84 Å². The second-order valence-electron chi connectivity index (χ2n) is 7.32. The van der Waals surface area contributed by atoms with E-state index < -0.39 is 21.7 Å². The summed E-state index contributed by atoms with van der Waals surface area (Å²) in [5.41, 5.74) is 2.12. The third-order valence-electron chi connectivity index (χ3n) is 5.19. The molecule has 0 aliphatic rings. The van der Waals surface area contributed by atoms with Gasteiger partial charge in [-0.2, -0.15) is 0 Å². The summed E-state index contributed by atoms with van der Waals surface area (Å²) in [7, 11) is -3.61. The highest BCUT2D eigenvalue weighted by Crippen LogP contribution is 2.44. The number of esters is 1. The molecule has 2 aromatic heterocycles. The largest absolute Gasteiger partial charge is 0.462 e. The van der Waals surface area contributed by atoms with Gasteiger partial charge in [-0.3, -0.25) is 4.79 Å². The van der Waals surface area contributed by atoms with Crippen LogP contribution < -0.4 is 5.32 Å². The number of nitrogens with one attached hydrogen (secondary N) is 1. The molecule has 4 rings (SSSR count). The minimum atomic E-state index is -3.61. The molecule has 0 saturated heterocycles. The molecule has 0 aliphatic heterocycles. The summed E-state index contributed by atoms with van der Waals surface area (Å²) in [5, 5.41) is 3.90. The van der Waals surface area contributed by atoms with Crippen molar-refractivity contribution < 1.29 is 22.7 Å². The topological polar surface area (TPSA) is 102 Å². The third-order valence-corrected chi connectivity index (χ3v) is 9.22. The molecule has 0 saturated carbocycles. The zero-order chi connectivity index (χ0) is 24.5. The van der Waals surface area contributed by atoms with Crippen molar-refractivity contribution in [1.82, 2.24) is 4.98 Å². The number of thiazole rings is 1. The van der Waals surface area contributed by atoms with Crippen molar-refractivity contribution in [1.29, 1.82) is 0 Å². The zero-order valence-electron chi connectivity index (χ0n) is 18.7. The van der Waals surface area contributed by atoms with Gasteiger partial charge in [0, 0.05) is 5.56 Å². The van der Waals surface area contributed by atoms with Crippen molar-refractivity contribution in [3.8, 4) is 10.6 Å². The number of carbonyl (C=O) groups is 2. The van der Waals surface area contributed by atoms with Gasteiger partial charge < -0.3 is 10.1 Å². The Labute approximate surface area is 205 Å². The maximum atomic E-state index is 13.3. The number of anilines is 1. The minimum Gasteiger partial charge on any atom is -0.462 e. The summed E-state index contributed by atoms with van der Waals surface area (Å²) in [6.45, 7) is 5.26. The molecule has 1 amide bonds. The summed E-state index contributed by atoms with van der Waals surface area (Å²) in [5.74, 6) is -1.19. The van der Waals surface area contributed by atoms with Gasteiger partial charge in [0.05, 0.1) is 33.0 Å². The van der Waals surface area contributed by atoms with Crippen LogP contribution in [-0.4, -0.2) is 37.6 Å². The summed E-state index contributed by atoms with van der Waals surface area (Å²) >= 11 is 2.54. The van der Waals surface area contributed by atoms with E-state index in [0.717, 1.165) is 21.6 Å². The molecule has 0 radical (unpaired) electrons. The minimum absolute atomic E-state index is 0.0320. The Hall–Kier alpha value is -3.08. The van der Waals surface area contributed by atoms with E-state index in [9.17, 15) is 18.0 Å². The van der Waals surface area contributed by atoms with Gasteiger partial charge in [0.2, 0.25) is 0 Å². The van der Waals surface area contributed by atoms with Crippen LogP contribution in [0, 0.1) is 6.92 Å². The van der Waals surface area contributed by atoms with Crippen LogP contribution in [0.4, 0.5) is 5.00 Å². The molecule has 0 fully saturated rings. The summed E-state index contributed by atoms with van der Waals surface area (Å²) in [6.07, 6.45) is 0. The first-order valence-electron chi connectivity index (χ1n) is 10.6. The molecule has 34 heavy (non-hydrogen) atoms. The Morgan fingerprint density at radius 2 is 1.74 bits per heavy atom. The Balaban J connectivity index is 1.83. The zero-order valence-corrected chi connectivity index (χ0v) is 21.2. The maximum Gasteiger partial charge on any atom is 0.348 e. The molecule has 2 heterocycles. The fourth-order valence-corrected chi connectivity index (χ4v) is 6.81. The van der Waals surface area contributed by atoms with E-state index in [1.165, 1.54) is 30.4 Å². The first kappa shape index (κ1) is 24.1. The molecule has 4 aromatic rings. The average Bonchev–Trinajstić information content (AvgIpc) is 3.39. The molecular formula is C24H22N2O5S3. The molecule has 0 aliphatic carbocycles. The highest BCUT2D eigenvalue weighted by Gasteiger charge is 2.27. The van der Waals surface area contributed by atoms with Gasteiger partial charge in [-0.15, -0.1) is 22.7 Å². The summed E-state index contributed by atoms with van der Waals surface area (Å²) in [4.78, 5) is 30.9. The van der Waals surface area contributed by atoms with E-state index in [-0.39, 0.29) is 22.8 Å².